The van der Waals surface area contributed by atoms with Gasteiger partial charge in [-0.2, -0.15) is 0 Å². The van der Waals surface area contributed by atoms with E-state index in [1.807, 2.05) is 38.1 Å². The van der Waals surface area contributed by atoms with Gasteiger partial charge in [0.25, 0.3) is 5.91 Å². The number of unbranched alkanes of at least 4 members (excludes halogenated alkanes) is 3. The lowest BCUT2D eigenvalue weighted by molar-refractivity contribution is 0.0593. The summed E-state index contributed by atoms with van der Waals surface area (Å²) < 4.78 is 17.6. The van der Waals surface area contributed by atoms with Crippen LogP contribution in [0.1, 0.15) is 80.6 Å². The van der Waals surface area contributed by atoms with Crippen molar-refractivity contribution >= 4 is 28.5 Å². The molecule has 1 aliphatic rings. The average molecular weight is 512 g/mol. The smallest absolute Gasteiger partial charge is 0.290 e. The molecule has 0 radical (unpaired) electrons. The molecule has 36 heavy (non-hydrogen) atoms. The highest BCUT2D eigenvalue weighted by atomic mass is 35.5. The molecule has 1 aromatic heterocycles. The van der Waals surface area contributed by atoms with Gasteiger partial charge in [-0.05, 0) is 62.6 Å². The molecule has 3 aromatic rings. The number of carbonyl (C=O) groups excluding carboxylic acids is 1. The molecule has 0 saturated carbocycles. The van der Waals surface area contributed by atoms with Gasteiger partial charge < -0.3 is 18.8 Å². The van der Waals surface area contributed by atoms with Gasteiger partial charge in [-0.1, -0.05) is 49.9 Å². The van der Waals surface area contributed by atoms with Crippen LogP contribution in [-0.2, 0) is 4.74 Å². The van der Waals surface area contributed by atoms with Crippen LogP contribution in [0.5, 0.6) is 5.75 Å². The van der Waals surface area contributed by atoms with Gasteiger partial charge in [-0.15, -0.1) is 0 Å². The van der Waals surface area contributed by atoms with Gasteiger partial charge in [0.15, 0.2) is 5.43 Å². The van der Waals surface area contributed by atoms with Gasteiger partial charge in [0.1, 0.15) is 11.3 Å². The van der Waals surface area contributed by atoms with Gasteiger partial charge in [0.05, 0.1) is 29.7 Å². The van der Waals surface area contributed by atoms with Crippen molar-refractivity contribution in [1.82, 2.24) is 4.90 Å². The standard InChI is InChI=1S/C29H34ClNO5/c1-4-5-6-7-16-35-22-12-9-20(10-13-22)26-25-27(32)23-18-21(30)11-14-24(23)36-28(25)29(33)31(26)15-8-17-34-19(2)3/h9-14,18-19,26H,4-8,15-17H2,1-3H3. The lowest BCUT2D eigenvalue weighted by Crippen LogP contribution is -2.31. The van der Waals surface area contributed by atoms with Crippen molar-refractivity contribution in [1.29, 1.82) is 0 Å². The maximum atomic E-state index is 13.6. The summed E-state index contributed by atoms with van der Waals surface area (Å²) >= 11 is 6.16. The third kappa shape index (κ3) is 5.76. The largest absolute Gasteiger partial charge is 0.494 e. The molecule has 0 spiro atoms. The van der Waals surface area contributed by atoms with Crippen molar-refractivity contribution in [2.24, 2.45) is 0 Å². The molecule has 6 nitrogen and oxygen atoms in total. The number of hydrogen-bond acceptors (Lipinski definition) is 5. The van der Waals surface area contributed by atoms with Crippen molar-refractivity contribution in [3.63, 3.8) is 0 Å². The van der Waals surface area contributed by atoms with Gasteiger partial charge in [-0.25, -0.2) is 0 Å². The average Bonchev–Trinajstić information content (AvgIpc) is 3.14. The highest BCUT2D eigenvalue weighted by Gasteiger charge is 2.42. The summed E-state index contributed by atoms with van der Waals surface area (Å²) in [6.07, 6.45) is 5.32. The SMILES string of the molecule is CCCCCCOc1ccc(C2c3c(oc4ccc(Cl)cc4c3=O)C(=O)N2CCCOC(C)C)cc1. The number of halogens is 1. The Morgan fingerprint density at radius 3 is 2.50 bits per heavy atom. The minimum Gasteiger partial charge on any atom is -0.494 e. The summed E-state index contributed by atoms with van der Waals surface area (Å²) in [6.45, 7) is 7.77. The molecule has 2 aromatic carbocycles. The zero-order valence-electron chi connectivity index (χ0n) is 21.2. The van der Waals surface area contributed by atoms with E-state index >= 15 is 0 Å². The highest BCUT2D eigenvalue weighted by Crippen LogP contribution is 2.39. The molecule has 4 rings (SSSR count). The lowest BCUT2D eigenvalue weighted by atomic mass is 9.98. The van der Waals surface area contributed by atoms with Gasteiger partial charge in [0, 0.05) is 18.2 Å². The quantitative estimate of drug-likeness (QED) is 0.251. The Morgan fingerprint density at radius 1 is 1.00 bits per heavy atom. The van der Waals surface area contributed by atoms with E-state index in [0.29, 0.717) is 47.7 Å². The second kappa shape index (κ2) is 11.9. The number of amides is 1. The van der Waals surface area contributed by atoms with E-state index in [4.69, 9.17) is 25.5 Å². The second-order valence-corrected chi connectivity index (χ2v) is 9.90. The monoisotopic (exact) mass is 511 g/mol. The summed E-state index contributed by atoms with van der Waals surface area (Å²) in [6, 6.07) is 12.0. The van der Waals surface area contributed by atoms with Crippen LogP contribution in [0.4, 0.5) is 0 Å². The van der Waals surface area contributed by atoms with E-state index in [1.165, 1.54) is 12.8 Å². The molecule has 7 heteroatoms. The molecule has 0 bridgehead atoms. The van der Waals surface area contributed by atoms with Crippen molar-refractivity contribution in [2.75, 3.05) is 19.8 Å². The van der Waals surface area contributed by atoms with Crippen LogP contribution in [0.25, 0.3) is 11.0 Å². The molecule has 0 N–H and O–H groups in total. The normalized spacial score (nSPS) is 15.2. The van der Waals surface area contributed by atoms with Gasteiger partial charge in [-0.3, -0.25) is 9.59 Å². The predicted octanol–water partition coefficient (Wildman–Crippen LogP) is 6.77. The first kappa shape index (κ1) is 26.2. The molecule has 0 saturated heterocycles. The molecular weight excluding hydrogens is 478 g/mol. The first-order valence-corrected chi connectivity index (χ1v) is 13.2. The second-order valence-electron chi connectivity index (χ2n) is 9.47. The van der Waals surface area contributed by atoms with E-state index < -0.39 is 6.04 Å². The maximum absolute atomic E-state index is 13.6. The number of carbonyl (C=O) groups is 1. The molecular formula is C29H34ClNO5. The third-order valence-corrected chi connectivity index (χ3v) is 6.62. The Hall–Kier alpha value is -2.83. The predicted molar refractivity (Wildman–Crippen MR) is 142 cm³/mol. The van der Waals surface area contributed by atoms with E-state index in [2.05, 4.69) is 6.92 Å². The van der Waals surface area contributed by atoms with Gasteiger partial charge in [0.2, 0.25) is 5.76 Å². The fraction of sp³-hybridized carbons (Fsp3) is 0.448. The first-order valence-electron chi connectivity index (χ1n) is 12.8. The molecule has 0 aliphatic carbocycles. The van der Waals surface area contributed by atoms with Crippen LogP contribution in [0, 0.1) is 0 Å². The van der Waals surface area contributed by atoms with Crippen molar-refractivity contribution in [3.05, 3.63) is 74.6 Å². The Kier molecular flexibility index (Phi) is 8.70. The first-order chi connectivity index (χ1) is 17.4. The minimum absolute atomic E-state index is 0.0980. The molecule has 1 amide bonds. The summed E-state index contributed by atoms with van der Waals surface area (Å²) in [7, 11) is 0. The third-order valence-electron chi connectivity index (χ3n) is 6.38. The minimum atomic E-state index is -0.551. The van der Waals surface area contributed by atoms with Crippen LogP contribution in [-0.4, -0.2) is 36.7 Å². The molecule has 1 atom stereocenters. The Morgan fingerprint density at radius 2 is 1.78 bits per heavy atom. The van der Waals surface area contributed by atoms with Crippen LogP contribution in [0.3, 0.4) is 0 Å². The van der Waals surface area contributed by atoms with Crippen molar-refractivity contribution in [2.45, 2.75) is 65.0 Å². The topological polar surface area (TPSA) is 69.0 Å². The summed E-state index contributed by atoms with van der Waals surface area (Å²) in [4.78, 5) is 28.8. The molecule has 2 heterocycles. The van der Waals surface area contributed by atoms with Crippen molar-refractivity contribution < 1.29 is 18.7 Å². The van der Waals surface area contributed by atoms with E-state index in [1.54, 1.807) is 23.1 Å². The fourth-order valence-electron chi connectivity index (χ4n) is 4.59. The Balaban J connectivity index is 1.65. The van der Waals surface area contributed by atoms with Gasteiger partial charge >= 0.3 is 0 Å². The number of nitrogens with zero attached hydrogens (tertiary/aromatic N) is 1. The lowest BCUT2D eigenvalue weighted by Gasteiger charge is -2.25. The summed E-state index contributed by atoms with van der Waals surface area (Å²) in [5, 5.41) is 0.815. The summed E-state index contributed by atoms with van der Waals surface area (Å²) in [5.41, 5.74) is 1.31. The fourth-order valence-corrected chi connectivity index (χ4v) is 4.76. The Labute approximate surface area is 217 Å². The van der Waals surface area contributed by atoms with Crippen LogP contribution < -0.4 is 10.2 Å². The summed E-state index contributed by atoms with van der Waals surface area (Å²) in [5.74, 6) is 0.583. The number of fused-ring (bicyclic) bond motifs is 2. The van der Waals surface area contributed by atoms with Crippen LogP contribution in [0.15, 0.2) is 51.7 Å². The number of rotatable bonds is 12. The molecule has 192 valence electrons. The maximum Gasteiger partial charge on any atom is 0.290 e. The Bertz CT molecular complexity index is 1250. The van der Waals surface area contributed by atoms with E-state index in [0.717, 1.165) is 24.2 Å². The van der Waals surface area contributed by atoms with E-state index in [-0.39, 0.29) is 23.2 Å². The number of benzene rings is 2. The molecule has 1 aliphatic heterocycles. The van der Waals surface area contributed by atoms with Crippen LogP contribution in [0.2, 0.25) is 5.02 Å². The van der Waals surface area contributed by atoms with Crippen molar-refractivity contribution in [3.8, 4) is 5.75 Å². The van der Waals surface area contributed by atoms with E-state index in [9.17, 15) is 9.59 Å². The van der Waals surface area contributed by atoms with Crippen LogP contribution >= 0.6 is 11.6 Å². The number of hydrogen-bond donors (Lipinski definition) is 0. The highest BCUT2D eigenvalue weighted by molar-refractivity contribution is 6.31. The molecule has 0 fully saturated rings. The zero-order valence-corrected chi connectivity index (χ0v) is 22.0. The number of ether oxygens (including phenoxy) is 2. The molecule has 1 unspecified atom stereocenters. The zero-order chi connectivity index (χ0) is 25.7.